The molecule has 0 aliphatic rings. The lowest BCUT2D eigenvalue weighted by molar-refractivity contribution is -0.118. The Labute approximate surface area is 235 Å². The van der Waals surface area contributed by atoms with E-state index in [1.807, 2.05) is 18.2 Å². The zero-order valence-corrected chi connectivity index (χ0v) is 23.4. The molecule has 40 heavy (non-hydrogen) atoms. The van der Waals surface area contributed by atoms with E-state index < -0.39 is 0 Å². The minimum absolute atomic E-state index is 0.271. The van der Waals surface area contributed by atoms with Crippen molar-refractivity contribution in [3.8, 4) is 34.5 Å². The monoisotopic (exact) mass is 564 g/mol. The highest BCUT2D eigenvalue weighted by Crippen LogP contribution is 2.38. The number of anilines is 1. The standard InChI is InChI=1S/C29H28N2O8S/c1-34-19-8-9-20-26(15-19)40-29(30-20)31-27(33)16-39-23-12-17(7-11-22(23)35-2)6-10-21(32)18-13-24(36-3)28(38-5)25(14-18)37-4/h6-15H,16H2,1-5H3,(H,30,31,33)/b10-6+. The van der Waals surface area contributed by atoms with Crippen LogP contribution in [-0.2, 0) is 4.79 Å². The fourth-order valence-electron chi connectivity index (χ4n) is 3.79. The van der Waals surface area contributed by atoms with Gasteiger partial charge in [0.1, 0.15) is 5.75 Å². The first-order valence-corrected chi connectivity index (χ1v) is 12.8. The number of ketones is 1. The first-order chi connectivity index (χ1) is 19.4. The number of carbonyl (C=O) groups is 2. The molecule has 0 aliphatic heterocycles. The SMILES string of the molecule is COc1ccc2nc(NC(=O)COc3cc(/C=C/C(=O)c4cc(OC)c(OC)c(OC)c4)ccc3OC)sc2c1. The molecular weight excluding hydrogens is 536 g/mol. The van der Waals surface area contributed by atoms with Crippen molar-refractivity contribution < 1.29 is 38.0 Å². The molecule has 1 heterocycles. The van der Waals surface area contributed by atoms with Crippen LogP contribution in [0.2, 0.25) is 0 Å². The Morgan fingerprint density at radius 2 is 1.55 bits per heavy atom. The van der Waals surface area contributed by atoms with Crippen LogP contribution in [0.4, 0.5) is 5.13 Å². The number of methoxy groups -OCH3 is 5. The van der Waals surface area contributed by atoms with Crippen molar-refractivity contribution in [2.45, 2.75) is 0 Å². The van der Waals surface area contributed by atoms with Gasteiger partial charge in [-0.05, 0) is 54.1 Å². The van der Waals surface area contributed by atoms with Crippen LogP contribution in [-0.4, -0.2) is 58.8 Å². The summed E-state index contributed by atoms with van der Waals surface area (Å²) < 4.78 is 33.2. The van der Waals surface area contributed by atoms with Gasteiger partial charge < -0.3 is 28.4 Å². The molecular formula is C29H28N2O8S. The number of hydrogen-bond donors (Lipinski definition) is 1. The van der Waals surface area contributed by atoms with Crippen molar-refractivity contribution in [3.63, 3.8) is 0 Å². The minimum atomic E-state index is -0.383. The highest BCUT2D eigenvalue weighted by atomic mass is 32.1. The number of carbonyl (C=O) groups excluding carboxylic acids is 2. The van der Waals surface area contributed by atoms with Crippen LogP contribution in [0, 0.1) is 0 Å². The Morgan fingerprint density at radius 3 is 2.20 bits per heavy atom. The molecule has 4 aromatic rings. The van der Waals surface area contributed by atoms with Gasteiger partial charge in [-0.3, -0.25) is 14.9 Å². The molecule has 1 amide bonds. The Morgan fingerprint density at radius 1 is 0.825 bits per heavy atom. The van der Waals surface area contributed by atoms with Crippen LogP contribution in [0.15, 0.2) is 54.6 Å². The van der Waals surface area contributed by atoms with Crippen LogP contribution in [0.5, 0.6) is 34.5 Å². The lowest BCUT2D eigenvalue weighted by Crippen LogP contribution is -2.20. The molecule has 3 aromatic carbocycles. The van der Waals surface area contributed by atoms with Crippen molar-refractivity contribution in [2.24, 2.45) is 0 Å². The van der Waals surface area contributed by atoms with Gasteiger partial charge in [0.05, 0.1) is 45.8 Å². The van der Waals surface area contributed by atoms with Crippen molar-refractivity contribution in [1.29, 1.82) is 0 Å². The summed E-state index contributed by atoms with van der Waals surface area (Å²) in [5.41, 5.74) is 1.78. The lowest BCUT2D eigenvalue weighted by Gasteiger charge is -2.13. The molecule has 0 bridgehead atoms. The molecule has 0 aliphatic carbocycles. The van der Waals surface area contributed by atoms with E-state index in [0.717, 1.165) is 10.2 Å². The second kappa shape index (κ2) is 12.9. The Hall–Kier alpha value is -4.77. The van der Waals surface area contributed by atoms with Crippen molar-refractivity contribution in [3.05, 3.63) is 65.7 Å². The first-order valence-electron chi connectivity index (χ1n) is 12.0. The number of ether oxygens (including phenoxy) is 6. The lowest BCUT2D eigenvalue weighted by atomic mass is 10.1. The van der Waals surface area contributed by atoms with E-state index in [2.05, 4.69) is 10.3 Å². The summed E-state index contributed by atoms with van der Waals surface area (Å²) in [6, 6.07) is 13.8. The number of benzene rings is 3. The van der Waals surface area contributed by atoms with Crippen LogP contribution in [0.25, 0.3) is 16.3 Å². The fourth-order valence-corrected chi connectivity index (χ4v) is 4.70. The van der Waals surface area contributed by atoms with Crippen LogP contribution in [0.1, 0.15) is 15.9 Å². The summed E-state index contributed by atoms with van der Waals surface area (Å²) in [6.45, 7) is -0.271. The van der Waals surface area contributed by atoms with Crippen LogP contribution < -0.4 is 33.7 Å². The maximum Gasteiger partial charge on any atom is 0.264 e. The van der Waals surface area contributed by atoms with Gasteiger partial charge in [0, 0.05) is 5.56 Å². The number of nitrogens with zero attached hydrogens (tertiary/aromatic N) is 1. The van der Waals surface area contributed by atoms with Crippen molar-refractivity contribution >= 4 is 44.5 Å². The third kappa shape index (κ3) is 6.44. The molecule has 208 valence electrons. The molecule has 0 atom stereocenters. The highest BCUT2D eigenvalue weighted by molar-refractivity contribution is 7.22. The van der Waals surface area contributed by atoms with Gasteiger partial charge >= 0.3 is 0 Å². The maximum absolute atomic E-state index is 12.9. The zero-order valence-electron chi connectivity index (χ0n) is 22.6. The summed E-state index contributed by atoms with van der Waals surface area (Å²) in [5.74, 6) is 1.99. The van der Waals surface area contributed by atoms with E-state index >= 15 is 0 Å². The number of fused-ring (bicyclic) bond motifs is 1. The summed E-state index contributed by atoms with van der Waals surface area (Å²) in [7, 11) is 7.55. The summed E-state index contributed by atoms with van der Waals surface area (Å²) in [6.07, 6.45) is 3.05. The predicted octanol–water partition coefficient (Wildman–Crippen LogP) is 5.25. The number of hydrogen-bond acceptors (Lipinski definition) is 10. The fraction of sp³-hybridized carbons (Fsp3) is 0.207. The second-order valence-corrected chi connectivity index (χ2v) is 9.24. The second-order valence-electron chi connectivity index (χ2n) is 8.21. The molecule has 0 saturated carbocycles. The van der Waals surface area contributed by atoms with E-state index in [1.54, 1.807) is 43.5 Å². The average molecular weight is 565 g/mol. The smallest absolute Gasteiger partial charge is 0.264 e. The van der Waals surface area contributed by atoms with Crippen molar-refractivity contribution in [2.75, 3.05) is 47.5 Å². The van der Waals surface area contributed by atoms with Gasteiger partial charge in [-0.25, -0.2) is 4.98 Å². The van der Waals surface area contributed by atoms with Gasteiger partial charge in [0.25, 0.3) is 5.91 Å². The number of nitrogens with one attached hydrogen (secondary N) is 1. The molecule has 0 fully saturated rings. The Bertz CT molecular complexity index is 1540. The highest BCUT2D eigenvalue weighted by Gasteiger charge is 2.16. The van der Waals surface area contributed by atoms with Crippen LogP contribution in [0.3, 0.4) is 0 Å². The Kier molecular flexibility index (Phi) is 9.07. The van der Waals surface area contributed by atoms with E-state index in [-0.39, 0.29) is 18.3 Å². The van der Waals surface area contributed by atoms with Crippen LogP contribution >= 0.6 is 11.3 Å². The Balaban J connectivity index is 1.44. The van der Waals surface area contributed by atoms with Gasteiger partial charge in [-0.15, -0.1) is 0 Å². The zero-order chi connectivity index (χ0) is 28.6. The quantitative estimate of drug-likeness (QED) is 0.182. The normalized spacial score (nSPS) is 10.8. The number of aromatic nitrogens is 1. The summed E-state index contributed by atoms with van der Waals surface area (Å²) in [5, 5.41) is 3.20. The number of rotatable bonds is 12. The van der Waals surface area contributed by atoms with E-state index in [4.69, 9.17) is 28.4 Å². The molecule has 1 N–H and O–H groups in total. The molecule has 10 nitrogen and oxygen atoms in total. The molecule has 0 saturated heterocycles. The van der Waals surface area contributed by atoms with E-state index in [9.17, 15) is 9.59 Å². The van der Waals surface area contributed by atoms with E-state index in [1.165, 1.54) is 45.9 Å². The molecule has 11 heteroatoms. The third-order valence-electron chi connectivity index (χ3n) is 5.76. The molecule has 1 aromatic heterocycles. The van der Waals surface area contributed by atoms with Gasteiger partial charge in [0.15, 0.2) is 40.5 Å². The first kappa shape index (κ1) is 28.2. The van der Waals surface area contributed by atoms with E-state index in [0.29, 0.717) is 50.8 Å². The number of allylic oxidation sites excluding steroid dienone is 1. The predicted molar refractivity (Wildman–Crippen MR) is 153 cm³/mol. The van der Waals surface area contributed by atoms with Gasteiger partial charge in [-0.1, -0.05) is 23.5 Å². The molecule has 4 rings (SSSR count). The topological polar surface area (TPSA) is 114 Å². The maximum atomic E-state index is 12.9. The minimum Gasteiger partial charge on any atom is -0.497 e. The average Bonchev–Trinajstić information content (AvgIpc) is 3.39. The molecule has 0 spiro atoms. The number of thiazole rings is 1. The van der Waals surface area contributed by atoms with Crippen molar-refractivity contribution in [1.82, 2.24) is 4.98 Å². The largest absolute Gasteiger partial charge is 0.497 e. The van der Waals surface area contributed by atoms with Gasteiger partial charge in [0.2, 0.25) is 5.75 Å². The van der Waals surface area contributed by atoms with Gasteiger partial charge in [-0.2, -0.15) is 0 Å². The third-order valence-corrected chi connectivity index (χ3v) is 6.70. The molecule has 0 unspecified atom stereocenters. The summed E-state index contributed by atoms with van der Waals surface area (Å²) >= 11 is 1.33. The summed E-state index contributed by atoms with van der Waals surface area (Å²) in [4.78, 5) is 29.9. The number of amides is 1. The molecule has 0 radical (unpaired) electrons.